The summed E-state index contributed by atoms with van der Waals surface area (Å²) in [6, 6.07) is 23.4. The molecule has 0 fully saturated rings. The largest absolute Gasteiger partial charge is 0.369 e. The molecule has 0 aliphatic carbocycles. The average molecular weight is 567 g/mol. The number of guanidine groups is 1. The van der Waals surface area contributed by atoms with E-state index in [-0.39, 0.29) is 17.9 Å². The third-order valence-electron chi connectivity index (χ3n) is 5.95. The van der Waals surface area contributed by atoms with E-state index in [2.05, 4.69) is 44.3 Å². The van der Waals surface area contributed by atoms with E-state index < -0.39 is 5.54 Å². The van der Waals surface area contributed by atoms with Gasteiger partial charge in [-0.05, 0) is 75.5 Å². The van der Waals surface area contributed by atoms with Gasteiger partial charge in [-0.2, -0.15) is 0 Å². The summed E-state index contributed by atoms with van der Waals surface area (Å²) in [4.78, 5) is 31.0. The lowest BCUT2D eigenvalue weighted by Crippen LogP contribution is -2.38. The monoisotopic (exact) mass is 567 g/mol. The van der Waals surface area contributed by atoms with Gasteiger partial charge in [-0.1, -0.05) is 54.6 Å². The smallest absolute Gasteiger partial charge is 0.315 e. The Balaban J connectivity index is 1.54. The normalized spacial score (nSPS) is 17.4. The summed E-state index contributed by atoms with van der Waals surface area (Å²) in [5, 5.41) is 5.83. The zero-order valence-corrected chi connectivity index (χ0v) is 21.2. The molecule has 3 aromatic carbocycles. The van der Waals surface area contributed by atoms with E-state index in [0.29, 0.717) is 13.1 Å². The molecule has 34 heavy (non-hydrogen) atoms. The van der Waals surface area contributed by atoms with Crippen molar-refractivity contribution in [3.63, 3.8) is 0 Å². The Morgan fingerprint density at radius 3 is 2.47 bits per heavy atom. The van der Waals surface area contributed by atoms with E-state index in [0.717, 1.165) is 31.4 Å². The van der Waals surface area contributed by atoms with Crippen LogP contribution in [0.15, 0.2) is 77.8 Å². The van der Waals surface area contributed by atoms with Crippen LogP contribution in [0.5, 0.6) is 0 Å². The highest BCUT2D eigenvalue weighted by Crippen LogP contribution is 2.35. The Morgan fingerprint density at radius 2 is 1.76 bits per heavy atom. The molecule has 0 spiro atoms. The number of carbonyl (C=O) groups excluding carboxylic acids is 2. The zero-order valence-electron chi connectivity index (χ0n) is 19.0. The van der Waals surface area contributed by atoms with E-state index in [9.17, 15) is 9.59 Å². The van der Waals surface area contributed by atoms with Gasteiger partial charge in [-0.25, -0.2) is 9.79 Å². The Kier molecular flexibility index (Phi) is 6.87. The molecule has 4 N–H and O–H groups in total. The first-order valence-electron chi connectivity index (χ1n) is 10.9. The highest BCUT2D eigenvalue weighted by atomic mass is 127. The molecule has 3 amide bonds. The van der Waals surface area contributed by atoms with E-state index in [4.69, 9.17) is 5.73 Å². The van der Waals surface area contributed by atoms with Gasteiger partial charge in [0.05, 0.1) is 0 Å². The number of urea groups is 1. The van der Waals surface area contributed by atoms with Gasteiger partial charge in [0, 0.05) is 23.7 Å². The summed E-state index contributed by atoms with van der Waals surface area (Å²) in [7, 11) is 1.63. The molecule has 1 unspecified atom stereocenters. The number of aliphatic imine (C=N–C) groups is 1. The molecule has 0 saturated carbocycles. The lowest BCUT2D eigenvalue weighted by atomic mass is 9.89. The van der Waals surface area contributed by atoms with Gasteiger partial charge in [0.1, 0.15) is 0 Å². The fraction of sp³-hybridized carbons (Fsp3) is 0.192. The fourth-order valence-corrected chi connectivity index (χ4v) is 4.44. The van der Waals surface area contributed by atoms with Gasteiger partial charge in [-0.3, -0.25) is 9.69 Å². The molecule has 3 aromatic rings. The third-order valence-corrected chi connectivity index (χ3v) is 6.62. The van der Waals surface area contributed by atoms with Crippen molar-refractivity contribution < 1.29 is 9.59 Å². The second-order valence-corrected chi connectivity index (χ2v) is 9.56. The topological polar surface area (TPSA) is 99.8 Å². The predicted octanol–water partition coefficient (Wildman–Crippen LogP) is 3.96. The summed E-state index contributed by atoms with van der Waals surface area (Å²) in [6.07, 6.45) is 0. The van der Waals surface area contributed by atoms with Crippen LogP contribution in [-0.2, 0) is 23.4 Å². The minimum Gasteiger partial charge on any atom is -0.369 e. The fourth-order valence-electron chi connectivity index (χ4n) is 3.95. The number of halogens is 1. The number of hydrogen-bond acceptors (Lipinski definition) is 4. The zero-order chi connectivity index (χ0) is 24.3. The van der Waals surface area contributed by atoms with Crippen LogP contribution >= 0.6 is 22.6 Å². The molecular formula is C26H26IN5O2. The van der Waals surface area contributed by atoms with E-state index in [1.807, 2.05) is 66.7 Å². The number of benzene rings is 3. The first kappa shape index (κ1) is 23.7. The van der Waals surface area contributed by atoms with E-state index >= 15 is 0 Å². The molecule has 0 aromatic heterocycles. The van der Waals surface area contributed by atoms with Crippen molar-refractivity contribution in [3.8, 4) is 11.1 Å². The first-order chi connectivity index (χ1) is 16.3. The van der Waals surface area contributed by atoms with Crippen LogP contribution in [0.25, 0.3) is 11.1 Å². The SMILES string of the molecule is CN1C(=O)C(C)(c2cccc(-c3cc(I)ccc3CNC(=O)NCc3ccccc3)c2)N=C1N. The molecule has 174 valence electrons. The molecule has 1 aliphatic rings. The highest BCUT2D eigenvalue weighted by Gasteiger charge is 2.43. The molecule has 1 atom stereocenters. The van der Waals surface area contributed by atoms with E-state index in [1.54, 1.807) is 14.0 Å². The Morgan fingerprint density at radius 1 is 1.03 bits per heavy atom. The number of rotatable bonds is 6. The Bertz CT molecular complexity index is 1260. The Labute approximate surface area is 212 Å². The summed E-state index contributed by atoms with van der Waals surface area (Å²) >= 11 is 2.27. The molecule has 0 bridgehead atoms. The maximum atomic E-state index is 12.8. The number of hydrogen-bond donors (Lipinski definition) is 3. The van der Waals surface area contributed by atoms with Crippen LogP contribution in [0.3, 0.4) is 0 Å². The van der Waals surface area contributed by atoms with Gasteiger partial charge >= 0.3 is 6.03 Å². The molecular weight excluding hydrogens is 541 g/mol. The summed E-state index contributed by atoms with van der Waals surface area (Å²) in [6.45, 7) is 2.60. The number of nitrogens with one attached hydrogen (secondary N) is 2. The number of nitrogens with two attached hydrogens (primary N) is 1. The van der Waals surface area contributed by atoms with Crippen molar-refractivity contribution in [1.82, 2.24) is 15.5 Å². The number of likely N-dealkylation sites (N-methyl/N-ethyl adjacent to an activating group) is 1. The number of nitrogens with zero attached hydrogens (tertiary/aromatic N) is 2. The summed E-state index contributed by atoms with van der Waals surface area (Å²) in [5.41, 5.74) is 9.54. The van der Waals surface area contributed by atoms with Crippen LogP contribution in [0.4, 0.5) is 4.79 Å². The van der Waals surface area contributed by atoms with Gasteiger partial charge in [0.2, 0.25) is 0 Å². The summed E-state index contributed by atoms with van der Waals surface area (Å²) in [5.74, 6) is 0.0420. The molecule has 0 radical (unpaired) electrons. The van der Waals surface area contributed by atoms with Gasteiger partial charge in [0.25, 0.3) is 5.91 Å². The van der Waals surface area contributed by atoms with Crippen molar-refractivity contribution in [3.05, 3.63) is 93.1 Å². The lowest BCUT2D eigenvalue weighted by molar-refractivity contribution is -0.130. The van der Waals surface area contributed by atoms with Crippen molar-refractivity contribution in [2.24, 2.45) is 10.7 Å². The minimum atomic E-state index is -1.06. The van der Waals surface area contributed by atoms with Crippen LogP contribution in [0.2, 0.25) is 0 Å². The maximum Gasteiger partial charge on any atom is 0.315 e. The van der Waals surface area contributed by atoms with Crippen LogP contribution in [-0.4, -0.2) is 29.8 Å². The molecule has 4 rings (SSSR count). The van der Waals surface area contributed by atoms with Gasteiger partial charge in [0.15, 0.2) is 11.5 Å². The van der Waals surface area contributed by atoms with Gasteiger partial charge in [-0.15, -0.1) is 0 Å². The Hall–Kier alpha value is -3.40. The van der Waals surface area contributed by atoms with Gasteiger partial charge < -0.3 is 16.4 Å². The second-order valence-electron chi connectivity index (χ2n) is 8.31. The van der Waals surface area contributed by atoms with E-state index in [1.165, 1.54) is 4.90 Å². The summed E-state index contributed by atoms with van der Waals surface area (Å²) < 4.78 is 1.07. The quantitative estimate of drug-likeness (QED) is 0.394. The van der Waals surface area contributed by atoms with Crippen molar-refractivity contribution in [1.29, 1.82) is 0 Å². The van der Waals surface area contributed by atoms with Crippen LogP contribution < -0.4 is 16.4 Å². The molecule has 7 nitrogen and oxygen atoms in total. The molecule has 0 saturated heterocycles. The number of amides is 3. The highest BCUT2D eigenvalue weighted by molar-refractivity contribution is 14.1. The standard InChI is InChI=1S/C26H26IN5O2/c1-26(23(33)32(2)24(28)31-26)20-10-6-9-18(13-20)22-14-21(27)12-11-19(22)16-30-25(34)29-15-17-7-4-3-5-8-17/h3-14H,15-16H2,1-2H3,(H2,28,31)(H2,29,30,34). The minimum absolute atomic E-state index is 0.165. The second kappa shape index (κ2) is 9.84. The maximum absolute atomic E-state index is 12.8. The average Bonchev–Trinajstić information content (AvgIpc) is 3.05. The van der Waals surface area contributed by atoms with Crippen LogP contribution in [0.1, 0.15) is 23.6 Å². The van der Waals surface area contributed by atoms with Crippen molar-refractivity contribution in [2.45, 2.75) is 25.6 Å². The van der Waals surface area contributed by atoms with Crippen LogP contribution in [0, 0.1) is 3.57 Å². The van der Waals surface area contributed by atoms with Crippen molar-refractivity contribution >= 4 is 40.5 Å². The first-order valence-corrected chi connectivity index (χ1v) is 11.9. The third kappa shape index (κ3) is 4.91. The molecule has 1 heterocycles. The van der Waals surface area contributed by atoms with Crippen molar-refractivity contribution in [2.75, 3.05) is 7.05 Å². The molecule has 8 heteroatoms. The molecule has 1 aliphatic heterocycles. The predicted molar refractivity (Wildman–Crippen MR) is 142 cm³/mol. The lowest BCUT2D eigenvalue weighted by Gasteiger charge is -2.21. The number of carbonyl (C=O) groups is 2.